The van der Waals surface area contributed by atoms with Gasteiger partial charge in [0.15, 0.2) is 5.65 Å². The van der Waals surface area contributed by atoms with E-state index in [2.05, 4.69) is 15.4 Å². The zero-order valence-electron chi connectivity index (χ0n) is 14.7. The molecule has 0 radical (unpaired) electrons. The fraction of sp³-hybridized carbons (Fsp3) is 0.143. The Balaban J connectivity index is 1.72. The van der Waals surface area contributed by atoms with Gasteiger partial charge in [-0.3, -0.25) is 0 Å². The van der Waals surface area contributed by atoms with Crippen LogP contribution >= 0.6 is 0 Å². The van der Waals surface area contributed by atoms with E-state index in [1.165, 1.54) is 0 Å². The van der Waals surface area contributed by atoms with Gasteiger partial charge in [-0.25, -0.2) is 9.50 Å². The Morgan fingerprint density at radius 2 is 1.81 bits per heavy atom. The number of anilines is 1. The molecule has 4 aromatic rings. The summed E-state index contributed by atoms with van der Waals surface area (Å²) in [7, 11) is 0. The fourth-order valence-corrected chi connectivity index (χ4v) is 3.02. The van der Waals surface area contributed by atoms with Crippen molar-refractivity contribution < 1.29 is 10.2 Å². The number of nitrogens with zero attached hydrogens (tertiary/aromatic N) is 3. The molecule has 136 valence electrons. The van der Waals surface area contributed by atoms with Gasteiger partial charge in [0.25, 0.3) is 0 Å². The van der Waals surface area contributed by atoms with E-state index in [0.29, 0.717) is 0 Å². The summed E-state index contributed by atoms with van der Waals surface area (Å²) in [5, 5.41) is 26.2. The third-order valence-corrected chi connectivity index (χ3v) is 4.40. The van der Waals surface area contributed by atoms with Crippen LogP contribution in [0.1, 0.15) is 0 Å². The number of aliphatic hydroxyl groups excluding tert-OH is 2. The summed E-state index contributed by atoms with van der Waals surface area (Å²) >= 11 is 0. The standard InChI is InChI=1S/C21H20N4O2/c26-14-18(27)12-23-17-8-4-7-16(11-17)20-9-10-22-21-19(13-24-25(20)21)15-5-2-1-3-6-15/h1-11,13,18,23,26-27H,12,14H2. The number of rotatable bonds is 6. The summed E-state index contributed by atoms with van der Waals surface area (Å²) in [5.74, 6) is 0. The monoisotopic (exact) mass is 360 g/mol. The number of aromatic nitrogens is 3. The Morgan fingerprint density at radius 3 is 2.63 bits per heavy atom. The van der Waals surface area contributed by atoms with Crippen LogP contribution in [0.25, 0.3) is 28.0 Å². The number of hydrogen-bond donors (Lipinski definition) is 3. The molecule has 27 heavy (non-hydrogen) atoms. The molecular formula is C21H20N4O2. The lowest BCUT2D eigenvalue weighted by Crippen LogP contribution is -2.22. The largest absolute Gasteiger partial charge is 0.394 e. The second kappa shape index (κ2) is 7.57. The maximum absolute atomic E-state index is 9.52. The molecule has 0 saturated carbocycles. The van der Waals surface area contributed by atoms with E-state index in [-0.39, 0.29) is 13.2 Å². The Labute approximate surface area is 156 Å². The predicted octanol–water partition coefficient (Wildman–Crippen LogP) is 2.83. The van der Waals surface area contributed by atoms with E-state index in [1.807, 2.05) is 71.4 Å². The van der Waals surface area contributed by atoms with Gasteiger partial charge in [-0.05, 0) is 23.8 Å². The Hall–Kier alpha value is -3.22. The Kier molecular flexibility index (Phi) is 4.82. The third kappa shape index (κ3) is 3.53. The van der Waals surface area contributed by atoms with E-state index < -0.39 is 6.10 Å². The molecule has 0 bridgehead atoms. The molecule has 0 amide bonds. The lowest BCUT2D eigenvalue weighted by molar-refractivity contribution is 0.105. The van der Waals surface area contributed by atoms with Crippen molar-refractivity contribution >= 4 is 11.3 Å². The molecule has 0 aliphatic heterocycles. The lowest BCUT2D eigenvalue weighted by Gasteiger charge is -2.12. The molecule has 0 spiro atoms. The minimum absolute atomic E-state index is 0.271. The number of fused-ring (bicyclic) bond motifs is 1. The highest BCUT2D eigenvalue weighted by Crippen LogP contribution is 2.27. The van der Waals surface area contributed by atoms with E-state index in [0.717, 1.165) is 33.7 Å². The third-order valence-electron chi connectivity index (χ3n) is 4.40. The zero-order valence-corrected chi connectivity index (χ0v) is 14.7. The highest BCUT2D eigenvalue weighted by Gasteiger charge is 2.12. The van der Waals surface area contributed by atoms with Crippen LogP contribution in [0.4, 0.5) is 5.69 Å². The summed E-state index contributed by atoms with van der Waals surface area (Å²) in [5.41, 5.74) is 5.62. The molecule has 0 saturated heterocycles. The molecule has 1 unspecified atom stereocenters. The van der Waals surface area contributed by atoms with Crippen LogP contribution in [0.15, 0.2) is 73.1 Å². The van der Waals surface area contributed by atoms with Crippen molar-refractivity contribution in [2.24, 2.45) is 0 Å². The second-order valence-corrected chi connectivity index (χ2v) is 6.29. The number of nitrogens with one attached hydrogen (secondary N) is 1. The van der Waals surface area contributed by atoms with Gasteiger partial charge in [0.05, 0.1) is 24.6 Å². The van der Waals surface area contributed by atoms with Gasteiger partial charge >= 0.3 is 0 Å². The van der Waals surface area contributed by atoms with E-state index in [9.17, 15) is 5.11 Å². The highest BCUT2D eigenvalue weighted by molar-refractivity contribution is 5.79. The summed E-state index contributed by atoms with van der Waals surface area (Å²) in [4.78, 5) is 4.52. The van der Waals surface area contributed by atoms with Crippen LogP contribution in [0.2, 0.25) is 0 Å². The van der Waals surface area contributed by atoms with Crippen LogP contribution in [0.5, 0.6) is 0 Å². The van der Waals surface area contributed by atoms with Gasteiger partial charge in [-0.1, -0.05) is 42.5 Å². The quantitative estimate of drug-likeness (QED) is 0.492. The number of hydrogen-bond acceptors (Lipinski definition) is 5. The normalized spacial score (nSPS) is 12.2. The first kappa shape index (κ1) is 17.2. The topological polar surface area (TPSA) is 82.7 Å². The predicted molar refractivity (Wildman–Crippen MR) is 105 cm³/mol. The van der Waals surface area contributed by atoms with E-state index >= 15 is 0 Å². The van der Waals surface area contributed by atoms with Crippen molar-refractivity contribution in [3.8, 4) is 22.4 Å². The van der Waals surface area contributed by atoms with E-state index in [1.54, 1.807) is 6.20 Å². The summed E-state index contributed by atoms with van der Waals surface area (Å²) < 4.78 is 1.84. The highest BCUT2D eigenvalue weighted by atomic mass is 16.3. The smallest absolute Gasteiger partial charge is 0.163 e. The first-order valence-corrected chi connectivity index (χ1v) is 8.77. The Morgan fingerprint density at radius 1 is 1.00 bits per heavy atom. The summed E-state index contributed by atoms with van der Waals surface area (Å²) in [6.45, 7) is 0.0128. The van der Waals surface area contributed by atoms with Gasteiger partial charge in [0, 0.05) is 29.6 Å². The fourth-order valence-electron chi connectivity index (χ4n) is 3.02. The number of benzene rings is 2. The molecule has 0 fully saturated rings. The molecule has 4 rings (SSSR count). The summed E-state index contributed by atoms with van der Waals surface area (Å²) in [6, 6.07) is 19.9. The Bertz CT molecular complexity index is 1050. The molecular weight excluding hydrogens is 340 g/mol. The molecule has 2 aromatic heterocycles. The van der Waals surface area contributed by atoms with Crippen LogP contribution in [-0.2, 0) is 0 Å². The molecule has 6 heteroatoms. The minimum Gasteiger partial charge on any atom is -0.394 e. The first-order valence-electron chi connectivity index (χ1n) is 8.77. The average molecular weight is 360 g/mol. The first-order chi connectivity index (χ1) is 13.3. The van der Waals surface area contributed by atoms with Crippen LogP contribution in [0, 0.1) is 0 Å². The van der Waals surface area contributed by atoms with Crippen molar-refractivity contribution in [2.75, 3.05) is 18.5 Å². The number of aliphatic hydroxyl groups is 2. The van der Waals surface area contributed by atoms with Crippen LogP contribution in [-0.4, -0.2) is 44.1 Å². The molecule has 2 aromatic carbocycles. The lowest BCUT2D eigenvalue weighted by atomic mass is 10.1. The average Bonchev–Trinajstić information content (AvgIpc) is 3.17. The van der Waals surface area contributed by atoms with Crippen molar-refractivity contribution in [3.05, 3.63) is 73.1 Å². The van der Waals surface area contributed by atoms with Crippen LogP contribution in [0.3, 0.4) is 0 Å². The van der Waals surface area contributed by atoms with Gasteiger partial charge in [-0.2, -0.15) is 5.10 Å². The molecule has 6 nitrogen and oxygen atoms in total. The van der Waals surface area contributed by atoms with Crippen LogP contribution < -0.4 is 5.32 Å². The second-order valence-electron chi connectivity index (χ2n) is 6.29. The molecule has 3 N–H and O–H groups in total. The van der Waals surface area contributed by atoms with Crippen molar-refractivity contribution in [1.82, 2.24) is 14.6 Å². The molecule has 0 aliphatic carbocycles. The minimum atomic E-state index is -0.791. The molecule has 1 atom stereocenters. The van der Waals surface area contributed by atoms with Gasteiger partial charge < -0.3 is 15.5 Å². The zero-order chi connectivity index (χ0) is 18.6. The van der Waals surface area contributed by atoms with Gasteiger partial charge in [0.2, 0.25) is 0 Å². The SMILES string of the molecule is OCC(O)CNc1cccc(-c2ccnc3c(-c4ccccc4)cnn23)c1. The molecule has 2 heterocycles. The van der Waals surface area contributed by atoms with Gasteiger partial charge in [-0.15, -0.1) is 0 Å². The van der Waals surface area contributed by atoms with Crippen molar-refractivity contribution in [3.63, 3.8) is 0 Å². The van der Waals surface area contributed by atoms with E-state index in [4.69, 9.17) is 5.11 Å². The van der Waals surface area contributed by atoms with Crippen molar-refractivity contribution in [1.29, 1.82) is 0 Å². The maximum Gasteiger partial charge on any atom is 0.163 e. The van der Waals surface area contributed by atoms with Crippen molar-refractivity contribution in [2.45, 2.75) is 6.10 Å². The summed E-state index contributed by atoms with van der Waals surface area (Å²) in [6.07, 6.45) is 2.83. The molecule has 0 aliphatic rings. The maximum atomic E-state index is 9.52. The van der Waals surface area contributed by atoms with Gasteiger partial charge in [0.1, 0.15) is 0 Å².